The number of ether oxygens (including phenoxy) is 3. The fourth-order valence-corrected chi connectivity index (χ4v) is 3.82. The van der Waals surface area contributed by atoms with Crippen LogP contribution in [0.4, 0.5) is 0 Å². The van der Waals surface area contributed by atoms with E-state index in [1.54, 1.807) is 21.1 Å². The van der Waals surface area contributed by atoms with Crippen LogP contribution < -0.4 is 39.0 Å². The van der Waals surface area contributed by atoms with Crippen LogP contribution in [0.25, 0.3) is 0 Å². The first-order valence-electron chi connectivity index (χ1n) is 9.59. The number of rotatable bonds is 4. The number of hydrogen-bond donors (Lipinski definition) is 2. The number of thiocarbonyl (C=S) groups is 1. The number of aliphatic hydroxyl groups is 1. The van der Waals surface area contributed by atoms with Crippen molar-refractivity contribution in [1.82, 2.24) is 0 Å². The van der Waals surface area contributed by atoms with Gasteiger partial charge in [-0.2, -0.15) is 0 Å². The van der Waals surface area contributed by atoms with Crippen LogP contribution in [0.2, 0.25) is 0 Å². The van der Waals surface area contributed by atoms with Crippen LogP contribution in [0.3, 0.4) is 0 Å². The van der Waals surface area contributed by atoms with Crippen molar-refractivity contribution >= 4 is 41.0 Å². The van der Waals surface area contributed by atoms with Crippen LogP contribution in [-0.2, 0) is 4.74 Å². The van der Waals surface area contributed by atoms with E-state index in [4.69, 9.17) is 31.5 Å². The van der Waals surface area contributed by atoms with E-state index in [1.165, 1.54) is 28.5 Å². The number of aliphatic hydroxyl groups excluding tert-OH is 1. The third kappa shape index (κ3) is 13.3. The fraction of sp³-hybridized carbons (Fsp3) is 0.435. The quantitative estimate of drug-likeness (QED) is 0.283. The molecule has 0 aliphatic rings. The van der Waals surface area contributed by atoms with Crippen molar-refractivity contribution in [2.45, 2.75) is 51.3 Å². The first kappa shape index (κ1) is 36.1. The van der Waals surface area contributed by atoms with Gasteiger partial charge >= 0.3 is 29.6 Å². The van der Waals surface area contributed by atoms with Gasteiger partial charge in [-0.3, -0.25) is 0 Å². The molecule has 0 amide bonds. The second-order valence-corrected chi connectivity index (χ2v) is 8.45. The maximum atomic E-state index is 7.57. The summed E-state index contributed by atoms with van der Waals surface area (Å²) in [5, 5.41) is 7.57. The van der Waals surface area contributed by atoms with Crippen LogP contribution in [-0.4, -0.2) is 42.4 Å². The summed E-state index contributed by atoms with van der Waals surface area (Å²) in [7, 11) is 3.35. The summed E-state index contributed by atoms with van der Waals surface area (Å²) < 4.78 is 16.3. The Hall–Kier alpha value is -0.450. The molecule has 2 rings (SSSR count). The van der Waals surface area contributed by atoms with Crippen LogP contribution >= 0.6 is 36.6 Å². The van der Waals surface area contributed by atoms with E-state index in [0.717, 1.165) is 26.9 Å². The minimum absolute atomic E-state index is 0. The van der Waals surface area contributed by atoms with Crippen molar-refractivity contribution in [1.29, 1.82) is 0 Å². The molecule has 0 aliphatic carbocycles. The van der Waals surface area contributed by atoms with E-state index in [0.29, 0.717) is 11.0 Å². The molecule has 9 heteroatoms. The summed E-state index contributed by atoms with van der Waals surface area (Å²) in [6, 6.07) is 8.03. The zero-order valence-electron chi connectivity index (χ0n) is 20.6. The maximum Gasteiger partial charge on any atom is 1.00 e. The zero-order valence-corrected chi connectivity index (χ0v) is 25.1. The molecule has 0 fully saturated rings. The molecule has 0 unspecified atom stereocenters. The average molecular weight is 511 g/mol. The molecule has 2 aromatic rings. The Morgan fingerprint density at radius 2 is 1.38 bits per heavy atom. The van der Waals surface area contributed by atoms with E-state index in [1.807, 2.05) is 39.0 Å². The van der Waals surface area contributed by atoms with E-state index in [-0.39, 0.29) is 41.6 Å². The molecule has 0 spiro atoms. The third-order valence-electron chi connectivity index (χ3n) is 4.10. The molecule has 0 saturated carbocycles. The fourth-order valence-electron chi connectivity index (χ4n) is 2.33. The van der Waals surface area contributed by atoms with Gasteiger partial charge in [-0.05, 0) is 112 Å². The van der Waals surface area contributed by atoms with E-state index in [2.05, 4.69) is 32.5 Å². The Morgan fingerprint density at radius 1 is 0.938 bits per heavy atom. The summed E-state index contributed by atoms with van der Waals surface area (Å²) in [6.45, 7) is 12.7. The Balaban J connectivity index is -0.000000462. The average Bonchev–Trinajstić information content (AvgIpc) is 2.68. The molecule has 0 saturated heterocycles. The van der Waals surface area contributed by atoms with Crippen molar-refractivity contribution in [3.8, 4) is 11.5 Å². The van der Waals surface area contributed by atoms with Gasteiger partial charge in [-0.25, -0.2) is 0 Å². The molecule has 0 radical (unpaired) electrons. The monoisotopic (exact) mass is 510 g/mol. The molecular weight excluding hydrogens is 475 g/mol. The van der Waals surface area contributed by atoms with E-state index >= 15 is 0 Å². The van der Waals surface area contributed by atoms with Gasteiger partial charge in [-0.15, -0.1) is 12.6 Å². The van der Waals surface area contributed by atoms with Gasteiger partial charge in [-0.1, -0.05) is 0 Å². The van der Waals surface area contributed by atoms with Crippen LogP contribution in [0.15, 0.2) is 34.1 Å². The minimum Gasteiger partial charge on any atom is -0.870 e. The van der Waals surface area contributed by atoms with Crippen molar-refractivity contribution in [3.05, 3.63) is 46.5 Å². The minimum atomic E-state index is 0. The summed E-state index contributed by atoms with van der Waals surface area (Å²) in [5.41, 5.74) is 4.76. The predicted molar refractivity (Wildman–Crippen MR) is 137 cm³/mol. The zero-order chi connectivity index (χ0) is 23.3. The van der Waals surface area contributed by atoms with Crippen LogP contribution in [0.1, 0.15) is 36.1 Å². The Labute approximate surface area is 230 Å². The van der Waals surface area contributed by atoms with Crippen molar-refractivity contribution in [2.75, 3.05) is 27.4 Å². The van der Waals surface area contributed by atoms with Gasteiger partial charge in [0.15, 0.2) is 0 Å². The van der Waals surface area contributed by atoms with Crippen LogP contribution in [0.5, 0.6) is 11.5 Å². The topological polar surface area (TPSA) is 77.9 Å². The van der Waals surface area contributed by atoms with Gasteiger partial charge < -0.3 is 24.8 Å². The molecule has 0 atom stereocenters. The molecule has 0 bridgehead atoms. The smallest absolute Gasteiger partial charge is 0.870 e. The molecular formula is C23H35NaO5S3. The molecule has 0 heterocycles. The largest absolute Gasteiger partial charge is 1.00 e. The first-order chi connectivity index (χ1) is 14.1. The second-order valence-electron chi connectivity index (χ2n) is 6.26. The second kappa shape index (κ2) is 20.0. The number of hydrogen-bond acceptors (Lipinski definition) is 8. The SMILES string of the molecule is CCO.CCOC(=S)Sc1cc(C)c(C)c(OC)c1.COc1cc(S)cc(C)c1C.[Na+].[OH-]. The van der Waals surface area contributed by atoms with E-state index < -0.39 is 0 Å². The van der Waals surface area contributed by atoms with E-state index in [9.17, 15) is 0 Å². The first-order valence-corrected chi connectivity index (χ1v) is 11.3. The molecule has 0 aromatic heterocycles. The molecule has 5 nitrogen and oxygen atoms in total. The Morgan fingerprint density at radius 3 is 1.81 bits per heavy atom. The summed E-state index contributed by atoms with van der Waals surface area (Å²) in [5.74, 6) is 1.80. The standard InChI is InChI=1S/C12H16O2S2.C9H12OS.C2H6O.Na.H2O/c1-5-14-12(15)16-10-6-8(2)9(3)11(7-10)13-4;1-6-4-8(11)5-9(10-3)7(6)2;1-2-3;;/h6-7H,5H2,1-4H3;4-5,11H,1-3H3;3H,2H2,1H3;;1H2/q;;;+1;/p-1. The van der Waals surface area contributed by atoms with Gasteiger partial charge in [0.25, 0.3) is 0 Å². The summed E-state index contributed by atoms with van der Waals surface area (Å²) >= 11 is 10.8. The van der Waals surface area contributed by atoms with Crippen molar-refractivity contribution in [2.24, 2.45) is 0 Å². The Kier molecular flexibility index (Phi) is 22.5. The Bertz CT molecular complexity index is 817. The van der Waals surface area contributed by atoms with Gasteiger partial charge in [0.2, 0.25) is 4.38 Å². The summed E-state index contributed by atoms with van der Waals surface area (Å²) in [6.07, 6.45) is 0. The molecule has 32 heavy (non-hydrogen) atoms. The maximum absolute atomic E-state index is 7.57. The molecule has 2 aromatic carbocycles. The number of thiol groups is 1. The third-order valence-corrected chi connectivity index (χ3v) is 5.48. The number of methoxy groups -OCH3 is 2. The molecule has 176 valence electrons. The van der Waals surface area contributed by atoms with Crippen molar-refractivity contribution in [3.63, 3.8) is 0 Å². The number of thioether (sulfide) groups is 1. The van der Waals surface area contributed by atoms with Gasteiger partial charge in [0.1, 0.15) is 11.5 Å². The molecule has 0 aliphatic heterocycles. The number of benzene rings is 2. The predicted octanol–water partition coefficient (Wildman–Crippen LogP) is 3.15. The van der Waals surface area contributed by atoms with Gasteiger partial charge in [0.05, 0.1) is 20.8 Å². The van der Waals surface area contributed by atoms with Crippen molar-refractivity contribution < 1.29 is 54.4 Å². The summed E-state index contributed by atoms with van der Waals surface area (Å²) in [4.78, 5) is 2.00. The normalized spacial score (nSPS) is 8.94. The van der Waals surface area contributed by atoms with Crippen LogP contribution in [0, 0.1) is 27.7 Å². The molecule has 2 N–H and O–H groups in total. The van der Waals surface area contributed by atoms with Gasteiger partial charge in [0, 0.05) is 16.4 Å². The number of aryl methyl sites for hydroxylation is 2.